The van der Waals surface area contributed by atoms with Gasteiger partial charge in [-0.2, -0.15) is 11.8 Å². The van der Waals surface area contributed by atoms with E-state index in [2.05, 4.69) is 11.1 Å². The second kappa shape index (κ2) is 14.0. The van der Waals surface area contributed by atoms with E-state index in [1.54, 1.807) is 18.7 Å². The molecule has 0 aliphatic heterocycles. The third-order valence-corrected chi connectivity index (χ3v) is 8.14. The molecule has 2 N–H and O–H groups in total. The normalized spacial score (nSPS) is 12.8. The van der Waals surface area contributed by atoms with Crippen LogP contribution in [0.5, 0.6) is 5.75 Å². The molecule has 39 heavy (non-hydrogen) atoms. The lowest BCUT2D eigenvalue weighted by atomic mass is 9.96. The van der Waals surface area contributed by atoms with Crippen LogP contribution in [0.25, 0.3) is 10.9 Å². The van der Waals surface area contributed by atoms with E-state index in [1.165, 1.54) is 0 Å². The molecule has 0 radical (unpaired) electrons. The Morgan fingerprint density at radius 2 is 1.77 bits per heavy atom. The van der Waals surface area contributed by atoms with Crippen LogP contribution in [0, 0.1) is 0 Å². The Morgan fingerprint density at radius 1 is 1.00 bits per heavy atom. The molecule has 3 aromatic carbocycles. The minimum atomic E-state index is -0.806. The van der Waals surface area contributed by atoms with Crippen LogP contribution in [0.15, 0.2) is 72.8 Å². The van der Waals surface area contributed by atoms with Crippen LogP contribution in [0.4, 0.5) is 0 Å². The number of fused-ring (bicyclic) bond motifs is 1. The van der Waals surface area contributed by atoms with Gasteiger partial charge in [-0.05, 0) is 85.3 Å². The Kier molecular flexibility index (Phi) is 10.5. The molecular formula is C31H31Cl2NO4S. The lowest BCUT2D eigenvalue weighted by Gasteiger charge is -2.19. The zero-order valence-corrected chi connectivity index (χ0v) is 24.0. The largest absolute Gasteiger partial charge is 0.487 e. The number of aromatic nitrogens is 1. The van der Waals surface area contributed by atoms with Crippen LogP contribution in [-0.2, 0) is 24.2 Å². The molecule has 1 aromatic heterocycles. The van der Waals surface area contributed by atoms with Gasteiger partial charge >= 0.3 is 5.97 Å². The Bertz CT molecular complexity index is 1430. The summed E-state index contributed by atoms with van der Waals surface area (Å²) in [5.74, 6) is 0.431. The van der Waals surface area contributed by atoms with Crippen LogP contribution < -0.4 is 4.74 Å². The topological polar surface area (TPSA) is 79.7 Å². The fourth-order valence-corrected chi connectivity index (χ4v) is 6.00. The van der Waals surface area contributed by atoms with E-state index >= 15 is 0 Å². The minimum absolute atomic E-state index is 0.0731. The van der Waals surface area contributed by atoms with Gasteiger partial charge in [0.05, 0.1) is 23.7 Å². The van der Waals surface area contributed by atoms with Gasteiger partial charge in [0.15, 0.2) is 0 Å². The molecule has 0 saturated heterocycles. The van der Waals surface area contributed by atoms with E-state index in [0.29, 0.717) is 28.8 Å². The number of benzene rings is 3. The van der Waals surface area contributed by atoms with Crippen LogP contribution >= 0.6 is 35.0 Å². The Balaban J connectivity index is 1.48. The summed E-state index contributed by atoms with van der Waals surface area (Å²) < 4.78 is 6.10. The maximum atomic E-state index is 11.2. The van der Waals surface area contributed by atoms with Crippen molar-refractivity contribution in [1.29, 1.82) is 0 Å². The molecule has 0 spiro atoms. The lowest BCUT2D eigenvalue weighted by Crippen LogP contribution is -2.08. The number of aliphatic hydroxyl groups excluding tert-OH is 1. The number of nitrogens with zero attached hydrogens (tertiary/aromatic N) is 1. The van der Waals surface area contributed by atoms with E-state index in [4.69, 9.17) is 27.9 Å². The van der Waals surface area contributed by atoms with Crippen molar-refractivity contribution < 1.29 is 19.7 Å². The third-order valence-electron chi connectivity index (χ3n) is 6.32. The van der Waals surface area contributed by atoms with Crippen molar-refractivity contribution in [2.45, 2.75) is 50.6 Å². The maximum absolute atomic E-state index is 11.2. The highest BCUT2D eigenvalue weighted by molar-refractivity contribution is 7.99. The molecule has 0 amide bonds. The molecule has 2 atom stereocenters. The van der Waals surface area contributed by atoms with E-state index in [9.17, 15) is 15.0 Å². The van der Waals surface area contributed by atoms with Gasteiger partial charge in [0.25, 0.3) is 0 Å². The highest BCUT2D eigenvalue weighted by Crippen LogP contribution is 2.36. The summed E-state index contributed by atoms with van der Waals surface area (Å²) in [6.45, 7) is 2.08. The van der Waals surface area contributed by atoms with Gasteiger partial charge in [0.1, 0.15) is 12.4 Å². The highest BCUT2D eigenvalue weighted by Gasteiger charge is 2.16. The standard InChI is InChI=1S/C31H31Cl2NO4S/c1-20(35)15-24-16-25(32)9-5-21(24)8-12-30(39-14-13-31(36)37)23-3-2-4-28(17-23)38-19-27-11-7-22-6-10-26(33)18-29(22)34-27/h2-7,9-11,16-18,20,30,35H,8,12-15,19H2,1H3,(H,36,37). The molecule has 4 rings (SSSR count). The predicted molar refractivity (Wildman–Crippen MR) is 160 cm³/mol. The molecule has 0 bridgehead atoms. The van der Waals surface area contributed by atoms with Crippen molar-refractivity contribution in [2.24, 2.45) is 0 Å². The van der Waals surface area contributed by atoms with Gasteiger partial charge in [-0.25, -0.2) is 4.98 Å². The molecule has 0 aliphatic carbocycles. The Morgan fingerprint density at radius 3 is 2.56 bits per heavy atom. The van der Waals surface area contributed by atoms with Crippen molar-refractivity contribution in [3.63, 3.8) is 0 Å². The lowest BCUT2D eigenvalue weighted by molar-refractivity contribution is -0.136. The molecule has 4 aromatic rings. The van der Waals surface area contributed by atoms with Crippen molar-refractivity contribution >= 4 is 51.8 Å². The number of carboxylic acids is 1. The van der Waals surface area contributed by atoms with Crippen LogP contribution in [0.1, 0.15) is 47.4 Å². The van der Waals surface area contributed by atoms with Crippen LogP contribution in [0.2, 0.25) is 10.0 Å². The first kappa shape index (κ1) is 29.2. The number of halogens is 2. The summed E-state index contributed by atoms with van der Waals surface area (Å²) in [5.41, 5.74) is 4.87. The van der Waals surface area contributed by atoms with Crippen molar-refractivity contribution in [2.75, 3.05) is 5.75 Å². The summed E-state index contributed by atoms with van der Waals surface area (Å²) in [4.78, 5) is 15.8. The number of ether oxygens (including phenoxy) is 1. The molecule has 0 fully saturated rings. The number of aliphatic carboxylic acids is 1. The number of aryl methyl sites for hydroxylation is 1. The molecule has 8 heteroatoms. The number of carbonyl (C=O) groups is 1. The van der Waals surface area contributed by atoms with E-state index in [-0.39, 0.29) is 11.7 Å². The summed E-state index contributed by atoms with van der Waals surface area (Å²) in [5, 5.41) is 21.5. The van der Waals surface area contributed by atoms with Crippen molar-refractivity contribution in [3.8, 4) is 5.75 Å². The summed E-state index contributed by atoms with van der Waals surface area (Å²) in [7, 11) is 0. The van der Waals surface area contributed by atoms with Crippen LogP contribution in [-0.4, -0.2) is 33.0 Å². The van der Waals surface area contributed by atoms with Gasteiger partial charge < -0.3 is 14.9 Å². The SMILES string of the molecule is CC(O)Cc1cc(Cl)ccc1CCC(SCCC(=O)O)c1cccc(OCc2ccc3ccc(Cl)cc3n2)c1. The number of rotatable bonds is 13. The fourth-order valence-electron chi connectivity index (χ4n) is 4.44. The number of pyridine rings is 1. The fraction of sp³-hybridized carbons (Fsp3) is 0.290. The number of hydrogen-bond acceptors (Lipinski definition) is 5. The first-order valence-corrected chi connectivity index (χ1v) is 14.6. The second-order valence-electron chi connectivity index (χ2n) is 9.51. The molecular weight excluding hydrogens is 553 g/mol. The van der Waals surface area contributed by atoms with Gasteiger partial charge in [-0.15, -0.1) is 0 Å². The van der Waals surface area contributed by atoms with Crippen molar-refractivity contribution in [3.05, 3.63) is 105 Å². The van der Waals surface area contributed by atoms with Gasteiger partial charge in [0.2, 0.25) is 0 Å². The van der Waals surface area contributed by atoms with E-state index in [0.717, 1.165) is 51.9 Å². The number of carboxylic acid groups (broad SMARTS) is 1. The summed E-state index contributed by atoms with van der Waals surface area (Å²) in [6, 6.07) is 23.3. The quantitative estimate of drug-likeness (QED) is 0.166. The molecule has 0 saturated carbocycles. The average Bonchev–Trinajstić information content (AvgIpc) is 2.89. The molecule has 0 aliphatic rings. The van der Waals surface area contributed by atoms with E-state index < -0.39 is 12.1 Å². The Labute approximate surface area is 243 Å². The third kappa shape index (κ3) is 8.87. The number of aliphatic hydroxyl groups is 1. The monoisotopic (exact) mass is 583 g/mol. The second-order valence-corrected chi connectivity index (χ2v) is 11.7. The number of thioether (sulfide) groups is 1. The summed E-state index contributed by atoms with van der Waals surface area (Å²) >= 11 is 14.0. The smallest absolute Gasteiger partial charge is 0.304 e. The zero-order valence-electron chi connectivity index (χ0n) is 21.6. The maximum Gasteiger partial charge on any atom is 0.304 e. The molecule has 1 heterocycles. The average molecular weight is 585 g/mol. The molecule has 2 unspecified atom stereocenters. The highest BCUT2D eigenvalue weighted by atomic mass is 35.5. The first-order chi connectivity index (χ1) is 18.8. The molecule has 204 valence electrons. The Hall–Kier alpha value is -2.77. The van der Waals surface area contributed by atoms with Gasteiger partial charge in [-0.3, -0.25) is 4.79 Å². The minimum Gasteiger partial charge on any atom is -0.487 e. The van der Waals surface area contributed by atoms with Gasteiger partial charge in [0, 0.05) is 26.4 Å². The zero-order chi connectivity index (χ0) is 27.8. The van der Waals surface area contributed by atoms with Crippen molar-refractivity contribution in [1.82, 2.24) is 4.98 Å². The van der Waals surface area contributed by atoms with E-state index in [1.807, 2.05) is 66.7 Å². The summed E-state index contributed by atoms with van der Waals surface area (Å²) in [6.07, 6.45) is 1.74. The predicted octanol–water partition coefficient (Wildman–Crippen LogP) is 7.93. The molecule has 5 nitrogen and oxygen atoms in total. The number of hydrogen-bond donors (Lipinski definition) is 2. The van der Waals surface area contributed by atoms with Crippen LogP contribution in [0.3, 0.4) is 0 Å². The first-order valence-electron chi connectivity index (χ1n) is 12.8. The van der Waals surface area contributed by atoms with Gasteiger partial charge in [-0.1, -0.05) is 53.5 Å².